The fraction of sp³-hybridized carbons (Fsp3) is 0.167. The van der Waals surface area contributed by atoms with Gasteiger partial charge in [-0.25, -0.2) is 4.79 Å². The van der Waals surface area contributed by atoms with Crippen molar-refractivity contribution in [3.63, 3.8) is 0 Å². The van der Waals surface area contributed by atoms with Gasteiger partial charge in [0.2, 0.25) is 0 Å². The molecule has 0 fully saturated rings. The van der Waals surface area contributed by atoms with Crippen LogP contribution in [0.25, 0.3) is 11.3 Å². The lowest BCUT2D eigenvalue weighted by Crippen LogP contribution is -1.95. The van der Waals surface area contributed by atoms with Crippen LogP contribution in [0.4, 0.5) is 0 Å². The normalized spacial score (nSPS) is 13.6. The lowest BCUT2D eigenvalue weighted by Gasteiger charge is -2.03. The second kappa shape index (κ2) is 3.92. The Balaban J connectivity index is 2.09. The van der Waals surface area contributed by atoms with Crippen LogP contribution in [0, 0.1) is 0 Å². The molecule has 0 radical (unpaired) electrons. The molecule has 0 spiro atoms. The molecule has 2 heterocycles. The van der Waals surface area contributed by atoms with E-state index in [1.807, 2.05) is 23.9 Å². The number of hydrogen-bond donors (Lipinski definition) is 2. The van der Waals surface area contributed by atoms with Crippen LogP contribution in [-0.2, 0) is 6.42 Å². The minimum atomic E-state index is -0.981. The Bertz CT molecular complexity index is 592. The molecule has 0 amide bonds. The molecular formula is C12H10N2O2S. The lowest BCUT2D eigenvalue weighted by molar-refractivity contribution is 0.0690. The number of nitrogens with zero attached hydrogens (tertiary/aromatic N) is 1. The minimum absolute atomic E-state index is 0.128. The quantitative estimate of drug-likeness (QED) is 0.854. The number of benzene rings is 1. The van der Waals surface area contributed by atoms with Gasteiger partial charge < -0.3 is 5.11 Å². The number of carboxylic acids is 1. The van der Waals surface area contributed by atoms with Crippen LogP contribution in [0.1, 0.15) is 16.1 Å². The first-order chi connectivity index (χ1) is 8.25. The van der Waals surface area contributed by atoms with Gasteiger partial charge in [-0.1, -0.05) is 12.1 Å². The van der Waals surface area contributed by atoms with Gasteiger partial charge in [-0.15, -0.1) is 11.8 Å². The number of carboxylic acid groups (broad SMARTS) is 1. The SMILES string of the molecule is O=C(O)c1cc(-c2cccc3c2CCS3)n[nH]1. The zero-order valence-corrected chi connectivity index (χ0v) is 9.75. The van der Waals surface area contributed by atoms with Crippen molar-refractivity contribution in [2.75, 3.05) is 5.75 Å². The Morgan fingerprint density at radius 2 is 2.35 bits per heavy atom. The maximum Gasteiger partial charge on any atom is 0.353 e. The number of H-pyrrole nitrogens is 1. The van der Waals surface area contributed by atoms with Crippen molar-refractivity contribution in [2.24, 2.45) is 0 Å². The lowest BCUT2D eigenvalue weighted by atomic mass is 10.0. The first kappa shape index (κ1) is 10.4. The van der Waals surface area contributed by atoms with Gasteiger partial charge in [0.25, 0.3) is 0 Å². The largest absolute Gasteiger partial charge is 0.477 e. The van der Waals surface area contributed by atoms with E-state index in [4.69, 9.17) is 5.11 Å². The number of carbonyl (C=O) groups is 1. The average Bonchev–Trinajstić information content (AvgIpc) is 2.97. The Morgan fingerprint density at radius 1 is 1.47 bits per heavy atom. The molecule has 17 heavy (non-hydrogen) atoms. The van der Waals surface area contributed by atoms with Crippen LogP contribution >= 0.6 is 11.8 Å². The van der Waals surface area contributed by atoms with Gasteiger partial charge in [0.15, 0.2) is 0 Å². The van der Waals surface area contributed by atoms with E-state index in [-0.39, 0.29) is 5.69 Å². The highest BCUT2D eigenvalue weighted by Gasteiger charge is 2.18. The topological polar surface area (TPSA) is 66.0 Å². The molecule has 2 aromatic rings. The first-order valence-corrected chi connectivity index (χ1v) is 6.28. The van der Waals surface area contributed by atoms with Gasteiger partial charge >= 0.3 is 5.97 Å². The van der Waals surface area contributed by atoms with Crippen molar-refractivity contribution in [3.8, 4) is 11.3 Å². The number of fused-ring (bicyclic) bond motifs is 1. The van der Waals surface area contributed by atoms with E-state index >= 15 is 0 Å². The molecule has 0 unspecified atom stereocenters. The van der Waals surface area contributed by atoms with E-state index in [9.17, 15) is 4.79 Å². The maximum atomic E-state index is 10.8. The van der Waals surface area contributed by atoms with Crippen molar-refractivity contribution < 1.29 is 9.90 Å². The second-order valence-corrected chi connectivity index (χ2v) is 4.99. The summed E-state index contributed by atoms with van der Waals surface area (Å²) in [4.78, 5) is 12.1. The van der Waals surface area contributed by atoms with Crippen molar-refractivity contribution in [3.05, 3.63) is 35.5 Å². The molecule has 1 aliphatic rings. The van der Waals surface area contributed by atoms with Gasteiger partial charge in [0, 0.05) is 16.2 Å². The number of nitrogens with one attached hydrogen (secondary N) is 1. The van der Waals surface area contributed by atoms with Crippen molar-refractivity contribution in [1.82, 2.24) is 10.2 Å². The summed E-state index contributed by atoms with van der Waals surface area (Å²) in [6.07, 6.45) is 1.02. The van der Waals surface area contributed by atoms with E-state index < -0.39 is 5.97 Å². The summed E-state index contributed by atoms with van der Waals surface area (Å²) in [5.41, 5.74) is 3.15. The summed E-state index contributed by atoms with van der Waals surface area (Å²) in [6.45, 7) is 0. The summed E-state index contributed by atoms with van der Waals surface area (Å²) in [5.74, 6) is 0.105. The predicted octanol–water partition coefficient (Wildman–Crippen LogP) is 2.42. The maximum absolute atomic E-state index is 10.8. The van der Waals surface area contributed by atoms with E-state index in [2.05, 4.69) is 16.3 Å². The molecule has 5 heteroatoms. The summed E-state index contributed by atoms with van der Waals surface area (Å²) >= 11 is 1.84. The molecule has 0 saturated heterocycles. The molecule has 0 saturated carbocycles. The number of hydrogen-bond acceptors (Lipinski definition) is 3. The minimum Gasteiger partial charge on any atom is -0.477 e. The highest BCUT2D eigenvalue weighted by atomic mass is 32.2. The number of rotatable bonds is 2. The molecule has 1 aromatic carbocycles. The molecule has 1 aromatic heterocycles. The van der Waals surface area contributed by atoms with Crippen LogP contribution in [0.3, 0.4) is 0 Å². The van der Waals surface area contributed by atoms with Crippen molar-refractivity contribution in [2.45, 2.75) is 11.3 Å². The third-order valence-electron chi connectivity index (χ3n) is 2.83. The Labute approximate surface area is 102 Å². The second-order valence-electron chi connectivity index (χ2n) is 3.85. The van der Waals surface area contributed by atoms with Crippen LogP contribution in [-0.4, -0.2) is 27.0 Å². The monoisotopic (exact) mass is 246 g/mol. The third kappa shape index (κ3) is 1.72. The fourth-order valence-electron chi connectivity index (χ4n) is 2.03. The summed E-state index contributed by atoms with van der Waals surface area (Å²) < 4.78 is 0. The summed E-state index contributed by atoms with van der Waals surface area (Å²) in [5, 5.41) is 15.5. The molecule has 1 aliphatic heterocycles. The highest BCUT2D eigenvalue weighted by Crippen LogP contribution is 2.37. The molecule has 3 rings (SSSR count). The van der Waals surface area contributed by atoms with E-state index in [0.29, 0.717) is 5.69 Å². The van der Waals surface area contributed by atoms with Gasteiger partial charge in [0.05, 0.1) is 5.69 Å². The number of aromatic amines is 1. The zero-order chi connectivity index (χ0) is 11.8. The van der Waals surface area contributed by atoms with Gasteiger partial charge in [-0.3, -0.25) is 5.10 Å². The van der Waals surface area contributed by atoms with Crippen LogP contribution in [0.5, 0.6) is 0 Å². The molecule has 0 bridgehead atoms. The smallest absolute Gasteiger partial charge is 0.353 e. The molecule has 86 valence electrons. The Kier molecular flexibility index (Phi) is 2.40. The average molecular weight is 246 g/mol. The first-order valence-electron chi connectivity index (χ1n) is 5.29. The van der Waals surface area contributed by atoms with Crippen molar-refractivity contribution >= 4 is 17.7 Å². The summed E-state index contributed by atoms with van der Waals surface area (Å²) in [6, 6.07) is 7.66. The predicted molar refractivity (Wildman–Crippen MR) is 65.4 cm³/mol. The van der Waals surface area contributed by atoms with Gasteiger partial charge in [0.1, 0.15) is 5.69 Å². The van der Waals surface area contributed by atoms with E-state index in [1.165, 1.54) is 10.5 Å². The number of thioether (sulfide) groups is 1. The van der Waals surface area contributed by atoms with E-state index in [1.54, 1.807) is 6.07 Å². The standard InChI is InChI=1S/C12H10N2O2S/c15-12(16)10-6-9(13-14-10)7-2-1-3-11-8(7)4-5-17-11/h1-3,6H,4-5H2,(H,13,14)(H,15,16). The molecular weight excluding hydrogens is 236 g/mol. The molecule has 0 atom stereocenters. The number of aromatic carboxylic acids is 1. The number of aromatic nitrogens is 2. The van der Waals surface area contributed by atoms with Crippen LogP contribution in [0.2, 0.25) is 0 Å². The Morgan fingerprint density at radius 3 is 3.12 bits per heavy atom. The molecule has 4 nitrogen and oxygen atoms in total. The fourth-order valence-corrected chi connectivity index (χ4v) is 3.12. The molecule has 2 N–H and O–H groups in total. The highest BCUT2D eigenvalue weighted by molar-refractivity contribution is 7.99. The van der Waals surface area contributed by atoms with E-state index in [0.717, 1.165) is 17.7 Å². The molecule has 0 aliphatic carbocycles. The van der Waals surface area contributed by atoms with Gasteiger partial charge in [-0.05, 0) is 24.1 Å². The third-order valence-corrected chi connectivity index (χ3v) is 3.93. The zero-order valence-electron chi connectivity index (χ0n) is 8.93. The van der Waals surface area contributed by atoms with Crippen molar-refractivity contribution in [1.29, 1.82) is 0 Å². The summed E-state index contributed by atoms with van der Waals surface area (Å²) in [7, 11) is 0. The Hall–Kier alpha value is -1.75. The van der Waals surface area contributed by atoms with Crippen LogP contribution < -0.4 is 0 Å². The van der Waals surface area contributed by atoms with Crippen LogP contribution in [0.15, 0.2) is 29.2 Å². The van der Waals surface area contributed by atoms with Gasteiger partial charge in [-0.2, -0.15) is 5.10 Å².